The molecule has 0 radical (unpaired) electrons. The molecule has 0 unspecified atom stereocenters. The summed E-state index contributed by atoms with van der Waals surface area (Å²) in [7, 11) is 0.888. The summed E-state index contributed by atoms with van der Waals surface area (Å²) < 4.78 is 0. The van der Waals surface area contributed by atoms with Gasteiger partial charge in [0.15, 0.2) is 7.28 Å². The fourth-order valence-electron chi connectivity index (χ4n) is 14.3. The van der Waals surface area contributed by atoms with Crippen LogP contribution < -0.4 is 10.4 Å². The van der Waals surface area contributed by atoms with E-state index in [0.29, 0.717) is 0 Å². The van der Waals surface area contributed by atoms with Gasteiger partial charge in [0.05, 0.1) is 5.52 Å². The molecule has 8 aromatic rings. The maximum Gasteiger partial charge on any atom is 0.194 e. The van der Waals surface area contributed by atoms with Crippen LogP contribution in [-0.4, -0.2) is 12.3 Å². The van der Waals surface area contributed by atoms with Gasteiger partial charge in [-0.15, -0.1) is 0 Å². The van der Waals surface area contributed by atoms with E-state index in [1.165, 1.54) is 147 Å². The normalized spacial score (nSPS) is 20.4. The predicted octanol–water partition coefficient (Wildman–Crippen LogP) is 16.0. The third kappa shape index (κ3) is 5.46. The molecule has 1 N–H and O–H groups in total. The van der Waals surface area contributed by atoms with Crippen molar-refractivity contribution in [2.24, 2.45) is 0 Å². The van der Waals surface area contributed by atoms with E-state index in [0.717, 1.165) is 7.28 Å². The zero-order valence-corrected chi connectivity index (χ0v) is 42.0. The molecule has 5 aliphatic rings. The number of para-hydroxylation sites is 1. The molecule has 3 heteroatoms. The van der Waals surface area contributed by atoms with Gasteiger partial charge in [0.25, 0.3) is 0 Å². The quantitative estimate of drug-likeness (QED) is 0.172. The standard InChI is InChI=1S/C64H65BN2/c1-59(2)26-27-60(3,4)48-32-38(24-25-46(48)59)67-52-34-43-39-20-15-16-23-45(39)63(9,10)54(43)53(41-22-17-21-40-42-30-36-18-13-14-19-37(36)31-51(42)66-56(40)41)55(52)65-58-57(67)44-33-49-50(35-47(44)64(58,11)12)62(7,8)29-28-61(49,5)6/h13-25,30-35,65-66H,26-29H2,1-12H3. The largest absolute Gasteiger partial charge is 0.354 e. The van der Waals surface area contributed by atoms with Crippen molar-refractivity contribution in [3.63, 3.8) is 0 Å². The fraction of sp³-hybridized carbons (Fsp3) is 0.344. The summed E-state index contributed by atoms with van der Waals surface area (Å²) in [5.41, 5.74) is 26.7. The molecular formula is C64H65BN2. The summed E-state index contributed by atoms with van der Waals surface area (Å²) in [5, 5.41) is 5.11. The van der Waals surface area contributed by atoms with Crippen LogP contribution >= 0.6 is 0 Å². The van der Waals surface area contributed by atoms with E-state index < -0.39 is 0 Å². The van der Waals surface area contributed by atoms with Crippen molar-refractivity contribution in [1.29, 1.82) is 0 Å². The van der Waals surface area contributed by atoms with Crippen molar-refractivity contribution < 1.29 is 0 Å². The minimum absolute atomic E-state index is 0.0698. The number of H-pyrrole nitrogens is 1. The smallest absolute Gasteiger partial charge is 0.194 e. The van der Waals surface area contributed by atoms with Crippen molar-refractivity contribution in [2.45, 2.75) is 141 Å². The van der Waals surface area contributed by atoms with Crippen LogP contribution in [0.4, 0.5) is 11.4 Å². The van der Waals surface area contributed by atoms with Crippen LogP contribution in [0.1, 0.15) is 153 Å². The van der Waals surface area contributed by atoms with Crippen LogP contribution in [0.5, 0.6) is 0 Å². The number of aromatic nitrogens is 1. The van der Waals surface area contributed by atoms with Crippen molar-refractivity contribution >= 4 is 62.4 Å². The lowest BCUT2D eigenvalue weighted by Crippen LogP contribution is -2.39. The molecule has 2 nitrogen and oxygen atoms in total. The molecule has 1 aliphatic heterocycles. The molecule has 0 atom stereocenters. The Hall–Kier alpha value is -5.80. The molecule has 0 fully saturated rings. The monoisotopic (exact) mass is 873 g/mol. The minimum Gasteiger partial charge on any atom is -0.354 e. The van der Waals surface area contributed by atoms with Crippen molar-refractivity contribution in [2.75, 3.05) is 4.90 Å². The van der Waals surface area contributed by atoms with Crippen molar-refractivity contribution in [3.05, 3.63) is 165 Å². The Kier molecular flexibility index (Phi) is 8.06. The van der Waals surface area contributed by atoms with Crippen LogP contribution in [0.25, 0.3) is 60.5 Å². The third-order valence-corrected chi connectivity index (χ3v) is 18.6. The van der Waals surface area contributed by atoms with E-state index in [1.54, 1.807) is 5.56 Å². The average molecular weight is 873 g/mol. The van der Waals surface area contributed by atoms with Gasteiger partial charge in [-0.05, 0) is 156 Å². The van der Waals surface area contributed by atoms with Gasteiger partial charge >= 0.3 is 0 Å². The van der Waals surface area contributed by atoms with E-state index >= 15 is 0 Å². The molecule has 0 saturated heterocycles. The number of anilines is 2. The van der Waals surface area contributed by atoms with Gasteiger partial charge in [0.2, 0.25) is 0 Å². The number of hydrogen-bond acceptors (Lipinski definition) is 1. The first-order valence-corrected chi connectivity index (χ1v) is 25.3. The highest BCUT2D eigenvalue weighted by Crippen LogP contribution is 2.60. The number of rotatable bonds is 2. The van der Waals surface area contributed by atoms with Crippen molar-refractivity contribution in [1.82, 2.24) is 4.98 Å². The highest BCUT2D eigenvalue weighted by atomic mass is 15.2. The molecule has 334 valence electrons. The molecule has 0 amide bonds. The molecule has 0 bridgehead atoms. The number of aromatic amines is 1. The molecule has 7 aromatic carbocycles. The first kappa shape index (κ1) is 41.4. The van der Waals surface area contributed by atoms with Gasteiger partial charge in [-0.2, -0.15) is 0 Å². The van der Waals surface area contributed by atoms with Crippen LogP contribution in [0.2, 0.25) is 0 Å². The lowest BCUT2D eigenvalue weighted by atomic mass is 9.51. The first-order chi connectivity index (χ1) is 31.7. The number of benzene rings is 7. The summed E-state index contributed by atoms with van der Waals surface area (Å²) in [6.07, 6.45) is 4.79. The molecule has 0 spiro atoms. The second-order valence-electron chi connectivity index (χ2n) is 25.1. The summed E-state index contributed by atoms with van der Waals surface area (Å²) in [6, 6.07) is 45.6. The van der Waals surface area contributed by atoms with E-state index in [9.17, 15) is 0 Å². The molecule has 1 aromatic heterocycles. The van der Waals surface area contributed by atoms with Gasteiger partial charge in [-0.3, -0.25) is 0 Å². The van der Waals surface area contributed by atoms with E-state index in [-0.39, 0.29) is 32.5 Å². The van der Waals surface area contributed by atoms with Gasteiger partial charge < -0.3 is 9.88 Å². The van der Waals surface area contributed by atoms with Crippen LogP contribution in [0.3, 0.4) is 0 Å². The number of hydrogen-bond donors (Lipinski definition) is 1. The van der Waals surface area contributed by atoms with Crippen LogP contribution in [-0.2, 0) is 32.5 Å². The van der Waals surface area contributed by atoms with Crippen molar-refractivity contribution in [3.8, 4) is 22.3 Å². The molecule has 4 aliphatic carbocycles. The van der Waals surface area contributed by atoms with Gasteiger partial charge in [0.1, 0.15) is 0 Å². The number of nitrogens with zero attached hydrogens (tertiary/aromatic N) is 1. The Morgan fingerprint density at radius 3 is 1.79 bits per heavy atom. The molecule has 13 rings (SSSR count). The molecule has 2 heterocycles. The Morgan fingerprint density at radius 1 is 0.463 bits per heavy atom. The predicted molar refractivity (Wildman–Crippen MR) is 289 cm³/mol. The van der Waals surface area contributed by atoms with Gasteiger partial charge in [-0.1, -0.05) is 167 Å². The lowest BCUT2D eigenvalue weighted by molar-refractivity contribution is 0.331. The third-order valence-electron chi connectivity index (χ3n) is 18.6. The Bertz CT molecular complexity index is 3560. The topological polar surface area (TPSA) is 19.0 Å². The Balaban J connectivity index is 1.16. The summed E-state index contributed by atoms with van der Waals surface area (Å²) in [4.78, 5) is 6.86. The highest BCUT2D eigenvalue weighted by Gasteiger charge is 2.50. The zero-order valence-electron chi connectivity index (χ0n) is 42.0. The number of allylic oxidation sites excluding steroid dienone is 1. The van der Waals surface area contributed by atoms with Gasteiger partial charge in [-0.25, -0.2) is 0 Å². The van der Waals surface area contributed by atoms with E-state index in [1.807, 2.05) is 0 Å². The maximum atomic E-state index is 4.08. The molecular weight excluding hydrogens is 808 g/mol. The fourth-order valence-corrected chi connectivity index (χ4v) is 14.3. The van der Waals surface area contributed by atoms with E-state index in [2.05, 4.69) is 208 Å². The molecule has 0 saturated carbocycles. The second kappa shape index (κ2) is 13.0. The Morgan fingerprint density at radius 2 is 1.07 bits per heavy atom. The lowest BCUT2D eigenvalue weighted by Gasteiger charge is -2.44. The van der Waals surface area contributed by atoms with Crippen LogP contribution in [0.15, 0.2) is 121 Å². The SMILES string of the molecule is CC1(C)CCC(C)(C)c2cc(N3C4=C(Bc5c3cc3c(c5-c5cccc6c5[nH]c5cc7ccccc7cc56)C(C)(C)c5ccccc5-3)C(C)(C)c3cc5c(cc34)C(C)(C)CCC5(C)C)ccc21. The first-order valence-electron chi connectivity index (χ1n) is 25.3. The highest BCUT2D eigenvalue weighted by molar-refractivity contribution is 6.68. The zero-order chi connectivity index (χ0) is 46.5. The number of fused-ring (bicyclic) bond motifs is 12. The molecule has 67 heavy (non-hydrogen) atoms. The summed E-state index contributed by atoms with van der Waals surface area (Å²) >= 11 is 0. The summed E-state index contributed by atoms with van der Waals surface area (Å²) in [6.45, 7) is 29.9. The maximum absolute atomic E-state index is 4.08. The Labute approximate surface area is 399 Å². The van der Waals surface area contributed by atoms with E-state index in [4.69, 9.17) is 0 Å². The second-order valence-corrected chi connectivity index (χ2v) is 25.1. The number of nitrogens with one attached hydrogen (secondary N) is 1. The summed E-state index contributed by atoms with van der Waals surface area (Å²) in [5.74, 6) is 0. The average Bonchev–Trinajstić information content (AvgIpc) is 3.85. The van der Waals surface area contributed by atoms with Gasteiger partial charge in [0, 0.05) is 55.3 Å². The minimum atomic E-state index is -0.218. The van der Waals surface area contributed by atoms with Crippen LogP contribution in [0, 0.1) is 0 Å².